The summed E-state index contributed by atoms with van der Waals surface area (Å²) in [6.45, 7) is 10.8. The van der Waals surface area contributed by atoms with Gasteiger partial charge in [0.05, 0.1) is 5.88 Å². The molecule has 0 saturated heterocycles. The van der Waals surface area contributed by atoms with E-state index < -0.39 is 0 Å². The second-order valence-electron chi connectivity index (χ2n) is 4.50. The molecular weight excluding hydrogens is 224 g/mol. The monoisotopic (exact) mass is 244 g/mol. The van der Waals surface area contributed by atoms with E-state index in [0.29, 0.717) is 18.0 Å². The zero-order valence-corrected chi connectivity index (χ0v) is 11.3. The number of halogens is 1. The van der Waals surface area contributed by atoms with Crippen molar-refractivity contribution in [2.24, 2.45) is 0 Å². The Morgan fingerprint density at radius 1 is 1.31 bits per heavy atom. The van der Waals surface area contributed by atoms with E-state index in [2.05, 4.69) is 42.8 Å². The fourth-order valence-electron chi connectivity index (χ4n) is 1.91. The lowest BCUT2D eigenvalue weighted by Crippen LogP contribution is -2.39. The van der Waals surface area contributed by atoms with Crippen molar-refractivity contribution in [3.8, 4) is 0 Å². The van der Waals surface area contributed by atoms with Crippen LogP contribution in [0.5, 0.6) is 0 Å². The van der Waals surface area contributed by atoms with Crippen LogP contribution in [-0.2, 0) is 12.4 Å². The maximum Gasteiger partial charge on any atom is 0.147 e. The molecule has 1 rings (SSSR count). The fourth-order valence-corrected chi connectivity index (χ4v) is 2.11. The van der Waals surface area contributed by atoms with Crippen LogP contribution < -0.4 is 0 Å². The molecule has 0 fully saturated rings. The van der Waals surface area contributed by atoms with Crippen LogP contribution >= 0.6 is 11.6 Å². The van der Waals surface area contributed by atoms with Crippen LogP contribution in [0.2, 0.25) is 0 Å². The summed E-state index contributed by atoms with van der Waals surface area (Å²) in [7, 11) is 0. The van der Waals surface area contributed by atoms with Crippen LogP contribution in [0.3, 0.4) is 0 Å². The number of alkyl halides is 1. The largest absolute Gasteiger partial charge is 0.315 e. The Kier molecular flexibility index (Phi) is 5.22. The van der Waals surface area contributed by atoms with E-state index in [1.807, 2.05) is 4.57 Å². The lowest BCUT2D eigenvalue weighted by Gasteiger charge is -2.30. The van der Waals surface area contributed by atoms with E-state index in [1.165, 1.54) is 0 Å². The van der Waals surface area contributed by atoms with Gasteiger partial charge >= 0.3 is 0 Å². The van der Waals surface area contributed by atoms with Gasteiger partial charge in [-0.2, -0.15) is 0 Å². The summed E-state index contributed by atoms with van der Waals surface area (Å²) in [6.07, 6.45) is 1.75. The molecule has 0 N–H and O–H groups in total. The van der Waals surface area contributed by atoms with Crippen LogP contribution in [0.4, 0.5) is 0 Å². The van der Waals surface area contributed by atoms with Gasteiger partial charge in [-0.15, -0.1) is 21.8 Å². The summed E-state index contributed by atoms with van der Waals surface area (Å²) in [5.74, 6) is 1.26. The van der Waals surface area contributed by atoms with Gasteiger partial charge in [0.2, 0.25) is 0 Å². The van der Waals surface area contributed by atoms with Gasteiger partial charge in [-0.1, -0.05) is 0 Å². The molecule has 0 aliphatic heterocycles. The van der Waals surface area contributed by atoms with E-state index in [4.69, 9.17) is 11.6 Å². The van der Waals surface area contributed by atoms with Crippen molar-refractivity contribution in [3.63, 3.8) is 0 Å². The van der Waals surface area contributed by atoms with Crippen molar-refractivity contribution >= 4 is 11.6 Å². The highest BCUT2D eigenvalue weighted by Crippen LogP contribution is 2.06. The quantitative estimate of drug-likeness (QED) is 0.719. The van der Waals surface area contributed by atoms with Crippen molar-refractivity contribution in [1.29, 1.82) is 0 Å². The number of nitrogens with zero attached hydrogens (tertiary/aromatic N) is 4. The Hall–Kier alpha value is -0.610. The highest BCUT2D eigenvalue weighted by atomic mass is 35.5. The summed E-state index contributed by atoms with van der Waals surface area (Å²) in [6, 6.07) is 1.10. The van der Waals surface area contributed by atoms with Gasteiger partial charge in [0.25, 0.3) is 0 Å². The molecule has 5 heteroatoms. The molecule has 1 aromatic rings. The van der Waals surface area contributed by atoms with Gasteiger partial charge in [-0.05, 0) is 27.7 Å². The molecule has 0 atom stereocenters. The third kappa shape index (κ3) is 3.46. The van der Waals surface area contributed by atoms with Crippen molar-refractivity contribution in [2.75, 3.05) is 6.54 Å². The SMILES string of the molecule is CC(C)N(CCn1cnnc1CCl)C(C)C. The normalized spacial score (nSPS) is 12.0. The van der Waals surface area contributed by atoms with Crippen LogP contribution in [0.1, 0.15) is 33.5 Å². The lowest BCUT2D eigenvalue weighted by atomic mass is 10.2. The Labute approximate surface area is 103 Å². The summed E-state index contributed by atoms with van der Waals surface area (Å²) < 4.78 is 2.02. The van der Waals surface area contributed by atoms with Crippen LogP contribution in [-0.4, -0.2) is 38.3 Å². The fraction of sp³-hybridized carbons (Fsp3) is 0.818. The molecule has 0 spiro atoms. The molecule has 4 nitrogen and oxygen atoms in total. The Morgan fingerprint density at radius 3 is 2.44 bits per heavy atom. The topological polar surface area (TPSA) is 34.0 Å². The van der Waals surface area contributed by atoms with E-state index in [1.54, 1.807) is 6.33 Å². The average molecular weight is 245 g/mol. The van der Waals surface area contributed by atoms with E-state index in [-0.39, 0.29) is 0 Å². The first-order valence-corrected chi connectivity index (χ1v) is 6.28. The molecular formula is C11H21ClN4. The molecule has 0 aliphatic carbocycles. The molecule has 0 aromatic carbocycles. The van der Waals surface area contributed by atoms with Gasteiger partial charge in [-0.25, -0.2) is 0 Å². The maximum absolute atomic E-state index is 5.78. The second-order valence-corrected chi connectivity index (χ2v) is 4.77. The zero-order valence-electron chi connectivity index (χ0n) is 10.5. The van der Waals surface area contributed by atoms with Gasteiger partial charge in [0, 0.05) is 25.2 Å². The zero-order chi connectivity index (χ0) is 12.1. The van der Waals surface area contributed by atoms with Gasteiger partial charge < -0.3 is 4.57 Å². The van der Waals surface area contributed by atoms with Crippen LogP contribution in [0.25, 0.3) is 0 Å². The Morgan fingerprint density at radius 2 is 1.94 bits per heavy atom. The van der Waals surface area contributed by atoms with E-state index in [0.717, 1.165) is 18.9 Å². The maximum atomic E-state index is 5.78. The number of rotatable bonds is 6. The molecule has 92 valence electrons. The van der Waals surface area contributed by atoms with E-state index >= 15 is 0 Å². The van der Waals surface area contributed by atoms with Crippen LogP contribution in [0, 0.1) is 0 Å². The smallest absolute Gasteiger partial charge is 0.147 e. The molecule has 16 heavy (non-hydrogen) atoms. The predicted octanol–water partition coefficient (Wildman–Crippen LogP) is 2.14. The molecule has 0 saturated carbocycles. The van der Waals surface area contributed by atoms with Crippen molar-refractivity contribution in [2.45, 2.75) is 52.2 Å². The molecule has 0 bridgehead atoms. The number of aromatic nitrogens is 3. The van der Waals surface area contributed by atoms with Crippen molar-refractivity contribution < 1.29 is 0 Å². The molecule has 0 aliphatic rings. The van der Waals surface area contributed by atoms with Crippen LogP contribution in [0.15, 0.2) is 6.33 Å². The Bertz CT molecular complexity index is 301. The molecule has 0 amide bonds. The lowest BCUT2D eigenvalue weighted by molar-refractivity contribution is 0.168. The van der Waals surface area contributed by atoms with Gasteiger partial charge in [0.1, 0.15) is 12.2 Å². The number of hydrogen-bond donors (Lipinski definition) is 0. The molecule has 0 radical (unpaired) electrons. The first kappa shape index (κ1) is 13.5. The second kappa shape index (κ2) is 6.21. The molecule has 1 heterocycles. The standard InChI is InChI=1S/C11H21ClN4/c1-9(2)16(10(3)4)6-5-15-8-13-14-11(15)7-12/h8-10H,5-7H2,1-4H3. The Balaban J connectivity index is 2.55. The minimum atomic E-state index is 0.420. The third-order valence-corrected chi connectivity index (χ3v) is 2.98. The highest BCUT2D eigenvalue weighted by Gasteiger charge is 2.13. The summed E-state index contributed by atoms with van der Waals surface area (Å²) >= 11 is 5.78. The van der Waals surface area contributed by atoms with Crippen molar-refractivity contribution in [1.82, 2.24) is 19.7 Å². The first-order valence-electron chi connectivity index (χ1n) is 5.74. The minimum Gasteiger partial charge on any atom is -0.315 e. The minimum absolute atomic E-state index is 0.420. The van der Waals surface area contributed by atoms with Gasteiger partial charge in [0.15, 0.2) is 0 Å². The third-order valence-electron chi connectivity index (χ3n) is 2.74. The molecule has 0 unspecified atom stereocenters. The predicted molar refractivity (Wildman–Crippen MR) is 66.6 cm³/mol. The van der Waals surface area contributed by atoms with Crippen molar-refractivity contribution in [3.05, 3.63) is 12.2 Å². The highest BCUT2D eigenvalue weighted by molar-refractivity contribution is 6.16. The molecule has 1 aromatic heterocycles. The summed E-state index contributed by atoms with van der Waals surface area (Å²) in [4.78, 5) is 2.44. The number of hydrogen-bond acceptors (Lipinski definition) is 3. The van der Waals surface area contributed by atoms with Gasteiger partial charge in [-0.3, -0.25) is 4.90 Å². The first-order chi connectivity index (χ1) is 7.56. The summed E-state index contributed by atoms with van der Waals surface area (Å²) in [5, 5.41) is 7.84. The average Bonchev–Trinajstić information content (AvgIpc) is 2.64. The van der Waals surface area contributed by atoms with E-state index in [9.17, 15) is 0 Å². The summed E-state index contributed by atoms with van der Waals surface area (Å²) in [5.41, 5.74) is 0.